The second-order valence-corrected chi connectivity index (χ2v) is 6.46. The zero-order valence-corrected chi connectivity index (χ0v) is 13.0. The monoisotopic (exact) mass is 326 g/mol. The molecule has 1 saturated heterocycles. The third-order valence-electron chi connectivity index (χ3n) is 3.89. The highest BCUT2D eigenvalue weighted by atomic mass is 79.9. The highest BCUT2D eigenvalue weighted by Crippen LogP contribution is 2.30. The van der Waals surface area contributed by atoms with E-state index in [2.05, 4.69) is 46.0 Å². The van der Waals surface area contributed by atoms with Crippen LogP contribution in [0.5, 0.6) is 0 Å². The SMILES string of the molecule is CC(N)C(c1cccc(Br)c1)N1CCCC(CO)C1. The van der Waals surface area contributed by atoms with Crippen LogP contribution in [0, 0.1) is 5.92 Å². The molecule has 0 saturated carbocycles. The first kappa shape index (κ1) is 15.0. The van der Waals surface area contributed by atoms with Gasteiger partial charge in [0.25, 0.3) is 0 Å². The van der Waals surface area contributed by atoms with E-state index in [4.69, 9.17) is 5.73 Å². The van der Waals surface area contributed by atoms with Gasteiger partial charge in [0.1, 0.15) is 0 Å². The number of rotatable bonds is 4. The largest absolute Gasteiger partial charge is 0.396 e. The molecule has 106 valence electrons. The molecule has 0 amide bonds. The van der Waals surface area contributed by atoms with Crippen molar-refractivity contribution in [2.24, 2.45) is 11.7 Å². The molecule has 0 aliphatic carbocycles. The van der Waals surface area contributed by atoms with Gasteiger partial charge in [-0.3, -0.25) is 4.90 Å². The highest BCUT2D eigenvalue weighted by molar-refractivity contribution is 9.10. The zero-order chi connectivity index (χ0) is 13.8. The molecule has 1 aliphatic rings. The molecule has 4 heteroatoms. The summed E-state index contributed by atoms with van der Waals surface area (Å²) >= 11 is 3.53. The molecular formula is C15H23BrN2O. The van der Waals surface area contributed by atoms with Crippen molar-refractivity contribution in [3.8, 4) is 0 Å². The summed E-state index contributed by atoms with van der Waals surface area (Å²) < 4.78 is 1.09. The minimum absolute atomic E-state index is 0.0757. The van der Waals surface area contributed by atoms with Gasteiger partial charge in [0, 0.05) is 29.7 Å². The number of aliphatic hydroxyl groups excluding tert-OH is 1. The minimum Gasteiger partial charge on any atom is -0.396 e. The Morgan fingerprint density at radius 2 is 2.32 bits per heavy atom. The van der Waals surface area contributed by atoms with E-state index in [0.29, 0.717) is 5.92 Å². The Morgan fingerprint density at radius 3 is 2.95 bits per heavy atom. The van der Waals surface area contributed by atoms with Crippen LogP contribution in [0.3, 0.4) is 0 Å². The van der Waals surface area contributed by atoms with Crippen molar-refractivity contribution in [2.45, 2.75) is 31.8 Å². The first-order valence-electron chi connectivity index (χ1n) is 6.97. The first-order valence-corrected chi connectivity index (χ1v) is 7.77. The maximum absolute atomic E-state index is 9.38. The lowest BCUT2D eigenvalue weighted by Gasteiger charge is -2.40. The minimum atomic E-state index is 0.0757. The Labute approximate surface area is 123 Å². The van der Waals surface area contributed by atoms with Gasteiger partial charge in [0.2, 0.25) is 0 Å². The van der Waals surface area contributed by atoms with Gasteiger partial charge in [-0.15, -0.1) is 0 Å². The first-order chi connectivity index (χ1) is 9.11. The van der Waals surface area contributed by atoms with E-state index in [1.54, 1.807) is 0 Å². The van der Waals surface area contributed by atoms with Crippen LogP contribution >= 0.6 is 15.9 Å². The van der Waals surface area contributed by atoms with E-state index >= 15 is 0 Å². The van der Waals surface area contributed by atoms with Crippen molar-refractivity contribution < 1.29 is 5.11 Å². The van der Waals surface area contributed by atoms with E-state index in [-0.39, 0.29) is 18.7 Å². The molecule has 3 unspecified atom stereocenters. The van der Waals surface area contributed by atoms with E-state index in [1.165, 1.54) is 5.56 Å². The van der Waals surface area contributed by atoms with Crippen molar-refractivity contribution >= 4 is 15.9 Å². The summed E-state index contributed by atoms with van der Waals surface area (Å²) in [5.74, 6) is 0.391. The van der Waals surface area contributed by atoms with Crippen LogP contribution in [0.15, 0.2) is 28.7 Å². The standard InChI is InChI=1S/C15H23BrN2O/c1-11(17)15(13-5-2-6-14(16)8-13)18-7-3-4-12(9-18)10-19/h2,5-6,8,11-12,15,19H,3-4,7,9-10,17H2,1H3. The fraction of sp³-hybridized carbons (Fsp3) is 0.600. The predicted molar refractivity (Wildman–Crippen MR) is 81.9 cm³/mol. The van der Waals surface area contributed by atoms with Gasteiger partial charge in [-0.05, 0) is 49.9 Å². The van der Waals surface area contributed by atoms with Crippen LogP contribution in [0.2, 0.25) is 0 Å². The molecule has 1 fully saturated rings. The van der Waals surface area contributed by atoms with Gasteiger partial charge < -0.3 is 10.8 Å². The van der Waals surface area contributed by atoms with Crippen molar-refractivity contribution in [1.82, 2.24) is 4.90 Å². The molecular weight excluding hydrogens is 304 g/mol. The lowest BCUT2D eigenvalue weighted by Crippen LogP contribution is -2.45. The molecule has 3 nitrogen and oxygen atoms in total. The summed E-state index contributed by atoms with van der Waals surface area (Å²) in [6, 6.07) is 8.69. The molecule has 0 spiro atoms. The fourth-order valence-corrected chi connectivity index (χ4v) is 3.45. The van der Waals surface area contributed by atoms with Crippen LogP contribution in [-0.4, -0.2) is 35.7 Å². The molecule has 3 N–H and O–H groups in total. The summed E-state index contributed by atoms with van der Waals surface area (Å²) in [5.41, 5.74) is 7.47. The Hall–Kier alpha value is -0.420. The predicted octanol–water partition coefficient (Wildman–Crippen LogP) is 2.54. The number of likely N-dealkylation sites (tertiary alicyclic amines) is 1. The molecule has 1 aliphatic heterocycles. The van der Waals surface area contributed by atoms with Crippen LogP contribution < -0.4 is 5.73 Å². The van der Waals surface area contributed by atoms with Gasteiger partial charge >= 0.3 is 0 Å². The van der Waals surface area contributed by atoms with Gasteiger partial charge in [-0.1, -0.05) is 28.1 Å². The van der Waals surface area contributed by atoms with E-state index < -0.39 is 0 Å². The zero-order valence-electron chi connectivity index (χ0n) is 11.4. The lowest BCUT2D eigenvalue weighted by atomic mass is 9.93. The second kappa shape index (κ2) is 6.84. The molecule has 1 heterocycles. The summed E-state index contributed by atoms with van der Waals surface area (Å²) in [7, 11) is 0. The maximum Gasteiger partial charge on any atom is 0.0496 e. The Morgan fingerprint density at radius 1 is 1.53 bits per heavy atom. The molecule has 3 atom stereocenters. The van der Waals surface area contributed by atoms with E-state index in [1.807, 2.05) is 6.07 Å². The number of benzene rings is 1. The van der Waals surface area contributed by atoms with Gasteiger partial charge in [-0.25, -0.2) is 0 Å². The number of nitrogens with two attached hydrogens (primary N) is 1. The number of aliphatic hydroxyl groups is 1. The van der Waals surface area contributed by atoms with Crippen molar-refractivity contribution in [1.29, 1.82) is 0 Å². The number of hydrogen-bond acceptors (Lipinski definition) is 3. The number of hydrogen-bond donors (Lipinski definition) is 2. The number of piperidine rings is 1. The number of nitrogens with zero attached hydrogens (tertiary/aromatic N) is 1. The third kappa shape index (κ3) is 3.78. The molecule has 0 aromatic heterocycles. The van der Waals surface area contributed by atoms with E-state index in [9.17, 15) is 5.11 Å². The van der Waals surface area contributed by atoms with Crippen LogP contribution in [0.25, 0.3) is 0 Å². The number of halogens is 1. The van der Waals surface area contributed by atoms with Gasteiger partial charge in [-0.2, -0.15) is 0 Å². The highest BCUT2D eigenvalue weighted by Gasteiger charge is 2.28. The lowest BCUT2D eigenvalue weighted by molar-refractivity contribution is 0.0793. The van der Waals surface area contributed by atoms with Crippen molar-refractivity contribution in [3.05, 3.63) is 34.3 Å². The van der Waals surface area contributed by atoms with Crippen molar-refractivity contribution in [3.63, 3.8) is 0 Å². The normalized spacial score (nSPS) is 24.1. The molecule has 0 bridgehead atoms. The molecule has 0 radical (unpaired) electrons. The molecule has 1 aromatic carbocycles. The summed E-state index contributed by atoms with van der Waals surface area (Å²) in [6.07, 6.45) is 2.26. The van der Waals surface area contributed by atoms with Crippen LogP contribution in [0.4, 0.5) is 0 Å². The van der Waals surface area contributed by atoms with E-state index in [0.717, 1.165) is 30.4 Å². The topological polar surface area (TPSA) is 49.5 Å². The Bertz CT molecular complexity index is 411. The summed E-state index contributed by atoms with van der Waals surface area (Å²) in [6.45, 7) is 4.35. The molecule has 2 rings (SSSR count). The average Bonchev–Trinajstić information content (AvgIpc) is 2.39. The molecule has 19 heavy (non-hydrogen) atoms. The fourth-order valence-electron chi connectivity index (χ4n) is 3.04. The summed E-state index contributed by atoms with van der Waals surface area (Å²) in [5, 5.41) is 9.38. The summed E-state index contributed by atoms with van der Waals surface area (Å²) in [4.78, 5) is 2.43. The van der Waals surface area contributed by atoms with Crippen LogP contribution in [0.1, 0.15) is 31.4 Å². The Balaban J connectivity index is 2.20. The average molecular weight is 327 g/mol. The second-order valence-electron chi connectivity index (χ2n) is 5.54. The maximum atomic E-state index is 9.38. The quantitative estimate of drug-likeness (QED) is 0.893. The van der Waals surface area contributed by atoms with Gasteiger partial charge in [0.15, 0.2) is 0 Å². The van der Waals surface area contributed by atoms with Crippen molar-refractivity contribution in [2.75, 3.05) is 19.7 Å². The third-order valence-corrected chi connectivity index (χ3v) is 4.38. The smallest absolute Gasteiger partial charge is 0.0496 e. The Kier molecular flexibility index (Phi) is 5.39. The van der Waals surface area contributed by atoms with Crippen LogP contribution in [-0.2, 0) is 0 Å². The molecule has 1 aromatic rings. The van der Waals surface area contributed by atoms with Gasteiger partial charge in [0.05, 0.1) is 0 Å².